The minimum atomic E-state index is -4.44. The van der Waals surface area contributed by atoms with E-state index < -0.39 is 11.7 Å². The van der Waals surface area contributed by atoms with Gasteiger partial charge in [0.25, 0.3) is 0 Å². The highest BCUT2D eigenvalue weighted by atomic mass is 19.4. The van der Waals surface area contributed by atoms with Crippen molar-refractivity contribution in [3.05, 3.63) is 35.0 Å². The number of aromatic nitrogens is 2. The van der Waals surface area contributed by atoms with Crippen LogP contribution in [0.5, 0.6) is 5.75 Å². The number of nitrogens with one attached hydrogen (secondary N) is 1. The molecule has 1 aromatic heterocycles. The van der Waals surface area contributed by atoms with Crippen molar-refractivity contribution in [2.24, 2.45) is 5.92 Å². The number of unbranched alkanes of at least 4 members (excludes halogenated alkanes) is 1. The highest BCUT2D eigenvalue weighted by Gasteiger charge is 2.33. The van der Waals surface area contributed by atoms with Crippen molar-refractivity contribution in [3.8, 4) is 17.0 Å². The molecule has 0 atom stereocenters. The summed E-state index contributed by atoms with van der Waals surface area (Å²) in [5.41, 5.74) is 2.03. The molecule has 1 saturated carbocycles. The van der Waals surface area contributed by atoms with Gasteiger partial charge in [-0.15, -0.1) is 0 Å². The van der Waals surface area contributed by atoms with Gasteiger partial charge in [-0.05, 0) is 57.8 Å². The van der Waals surface area contributed by atoms with E-state index >= 15 is 0 Å². The highest BCUT2D eigenvalue weighted by molar-refractivity contribution is 5.70. The summed E-state index contributed by atoms with van der Waals surface area (Å²) < 4.78 is 46.5. The van der Waals surface area contributed by atoms with Gasteiger partial charge < -0.3 is 9.64 Å². The smallest absolute Gasteiger partial charge is 0.416 e. The van der Waals surface area contributed by atoms with Crippen LogP contribution in [0.4, 0.5) is 13.2 Å². The van der Waals surface area contributed by atoms with Gasteiger partial charge in [0.1, 0.15) is 5.75 Å². The van der Waals surface area contributed by atoms with E-state index in [4.69, 9.17) is 4.74 Å². The zero-order valence-corrected chi connectivity index (χ0v) is 17.4. The number of ether oxygens (including phenoxy) is 1. The molecule has 1 N–H and O–H groups in total. The van der Waals surface area contributed by atoms with Crippen LogP contribution in [0.25, 0.3) is 11.3 Å². The van der Waals surface area contributed by atoms with Crippen LogP contribution in [0.15, 0.2) is 18.3 Å². The maximum absolute atomic E-state index is 13.6. The molecule has 1 aliphatic carbocycles. The molecular weight excluding hydrogens is 379 g/mol. The Morgan fingerprint density at radius 1 is 1.28 bits per heavy atom. The molecule has 0 spiro atoms. The summed E-state index contributed by atoms with van der Waals surface area (Å²) in [6.07, 6.45) is 2.77. The molecule has 0 unspecified atom stereocenters. The van der Waals surface area contributed by atoms with Crippen LogP contribution in [0.1, 0.15) is 55.7 Å². The Hall–Kier alpha value is -2.02. The van der Waals surface area contributed by atoms with Crippen LogP contribution >= 0.6 is 0 Å². The fourth-order valence-electron chi connectivity index (χ4n) is 3.59. The van der Waals surface area contributed by atoms with Crippen LogP contribution in [-0.4, -0.2) is 35.3 Å². The Bertz CT molecular complexity index is 812. The second kappa shape index (κ2) is 9.20. The van der Waals surface area contributed by atoms with E-state index in [0.717, 1.165) is 43.9 Å². The largest absolute Gasteiger partial charge is 0.493 e. The summed E-state index contributed by atoms with van der Waals surface area (Å²) in [5, 5.41) is 7.04. The Morgan fingerprint density at radius 3 is 2.66 bits per heavy atom. The van der Waals surface area contributed by atoms with E-state index in [1.807, 2.05) is 14.0 Å². The SMILES string of the molecule is CCCCN(C)Cc1cn[nH]c1-c1cc(C(F)(F)F)cc(OCC2CCC2)c1C. The van der Waals surface area contributed by atoms with Crippen molar-refractivity contribution < 1.29 is 17.9 Å². The number of benzene rings is 1. The lowest BCUT2D eigenvalue weighted by Crippen LogP contribution is -2.20. The zero-order chi connectivity index (χ0) is 21.0. The minimum absolute atomic E-state index is 0.307. The summed E-state index contributed by atoms with van der Waals surface area (Å²) in [6, 6.07) is 2.33. The summed E-state index contributed by atoms with van der Waals surface area (Å²) in [6.45, 7) is 5.97. The molecule has 160 valence electrons. The fraction of sp³-hybridized carbons (Fsp3) is 0.591. The Morgan fingerprint density at radius 2 is 2.03 bits per heavy atom. The lowest BCUT2D eigenvalue weighted by Gasteiger charge is -2.26. The van der Waals surface area contributed by atoms with Gasteiger partial charge >= 0.3 is 6.18 Å². The Balaban J connectivity index is 1.92. The molecule has 2 aromatic rings. The maximum atomic E-state index is 13.6. The van der Waals surface area contributed by atoms with Crippen LogP contribution in [0.2, 0.25) is 0 Å². The zero-order valence-electron chi connectivity index (χ0n) is 17.4. The van der Waals surface area contributed by atoms with Crippen molar-refractivity contribution in [1.29, 1.82) is 0 Å². The molecule has 29 heavy (non-hydrogen) atoms. The van der Waals surface area contributed by atoms with E-state index in [1.165, 1.54) is 12.5 Å². The van der Waals surface area contributed by atoms with Gasteiger partial charge in [-0.1, -0.05) is 19.8 Å². The third-order valence-corrected chi connectivity index (χ3v) is 5.71. The maximum Gasteiger partial charge on any atom is 0.416 e. The van der Waals surface area contributed by atoms with E-state index in [0.29, 0.717) is 41.6 Å². The van der Waals surface area contributed by atoms with Gasteiger partial charge in [-0.3, -0.25) is 5.10 Å². The molecule has 0 saturated heterocycles. The molecule has 1 fully saturated rings. The first-order valence-electron chi connectivity index (χ1n) is 10.4. The predicted octanol–water partition coefficient (Wildman–Crippen LogP) is 5.81. The summed E-state index contributed by atoms with van der Waals surface area (Å²) in [7, 11) is 2.01. The van der Waals surface area contributed by atoms with E-state index in [9.17, 15) is 13.2 Å². The second-order valence-corrected chi connectivity index (χ2v) is 8.11. The van der Waals surface area contributed by atoms with Crippen LogP contribution < -0.4 is 4.74 Å². The first-order chi connectivity index (χ1) is 13.8. The molecule has 0 amide bonds. The minimum Gasteiger partial charge on any atom is -0.493 e. The Kier molecular flexibility index (Phi) is 6.88. The van der Waals surface area contributed by atoms with Crippen molar-refractivity contribution in [2.75, 3.05) is 20.2 Å². The molecule has 4 nitrogen and oxygen atoms in total. The monoisotopic (exact) mass is 409 g/mol. The van der Waals surface area contributed by atoms with Crippen molar-refractivity contribution in [1.82, 2.24) is 15.1 Å². The molecule has 0 bridgehead atoms. The summed E-state index contributed by atoms with van der Waals surface area (Å²) >= 11 is 0. The number of nitrogens with zero attached hydrogens (tertiary/aromatic N) is 2. The lowest BCUT2D eigenvalue weighted by molar-refractivity contribution is -0.137. The van der Waals surface area contributed by atoms with Gasteiger partial charge in [0.15, 0.2) is 0 Å². The third kappa shape index (κ3) is 5.32. The van der Waals surface area contributed by atoms with Crippen molar-refractivity contribution in [3.63, 3.8) is 0 Å². The van der Waals surface area contributed by atoms with E-state index in [2.05, 4.69) is 22.0 Å². The third-order valence-electron chi connectivity index (χ3n) is 5.71. The molecular formula is C22H30F3N3O. The lowest BCUT2D eigenvalue weighted by atomic mass is 9.86. The summed E-state index contributed by atoms with van der Waals surface area (Å²) in [5.74, 6) is 0.754. The molecule has 0 aliphatic heterocycles. The molecule has 7 heteroatoms. The number of aromatic amines is 1. The van der Waals surface area contributed by atoms with Crippen molar-refractivity contribution >= 4 is 0 Å². The standard InChI is InChI=1S/C22H30F3N3O/c1-4-5-9-28(3)13-17-12-26-27-21(17)19-10-18(22(23,24)25)11-20(15(19)2)29-14-16-7-6-8-16/h10-12,16H,4-9,13-14H2,1-3H3,(H,26,27). The Labute approximate surface area is 170 Å². The average molecular weight is 409 g/mol. The van der Waals surface area contributed by atoms with E-state index in [-0.39, 0.29) is 0 Å². The fourth-order valence-corrected chi connectivity index (χ4v) is 3.59. The predicted molar refractivity (Wildman–Crippen MR) is 108 cm³/mol. The van der Waals surface area contributed by atoms with Crippen LogP contribution in [-0.2, 0) is 12.7 Å². The topological polar surface area (TPSA) is 41.2 Å². The number of alkyl halides is 3. The number of halogens is 3. The second-order valence-electron chi connectivity index (χ2n) is 8.11. The quantitative estimate of drug-likeness (QED) is 0.568. The van der Waals surface area contributed by atoms with Crippen LogP contribution in [0.3, 0.4) is 0 Å². The molecule has 0 radical (unpaired) electrons. The van der Waals surface area contributed by atoms with Gasteiger partial charge in [0.05, 0.1) is 24.1 Å². The molecule has 1 heterocycles. The number of hydrogen-bond acceptors (Lipinski definition) is 3. The average Bonchev–Trinajstić information content (AvgIpc) is 3.06. The number of rotatable bonds is 9. The molecule has 1 aliphatic rings. The normalized spacial score (nSPS) is 15.0. The molecule has 3 rings (SSSR count). The van der Waals surface area contributed by atoms with E-state index in [1.54, 1.807) is 6.20 Å². The van der Waals surface area contributed by atoms with Gasteiger partial charge in [0, 0.05) is 23.2 Å². The summed E-state index contributed by atoms with van der Waals surface area (Å²) in [4.78, 5) is 2.16. The van der Waals surface area contributed by atoms with Crippen molar-refractivity contribution in [2.45, 2.75) is 58.7 Å². The number of H-pyrrole nitrogens is 1. The first-order valence-corrected chi connectivity index (χ1v) is 10.4. The number of hydrogen-bond donors (Lipinski definition) is 1. The van der Waals surface area contributed by atoms with Gasteiger partial charge in [-0.25, -0.2) is 0 Å². The van der Waals surface area contributed by atoms with Gasteiger partial charge in [0.2, 0.25) is 0 Å². The first kappa shape index (κ1) is 21.7. The van der Waals surface area contributed by atoms with Gasteiger partial charge in [-0.2, -0.15) is 18.3 Å². The molecule has 1 aromatic carbocycles. The highest BCUT2D eigenvalue weighted by Crippen LogP contribution is 2.39. The van der Waals surface area contributed by atoms with Crippen LogP contribution in [0, 0.1) is 12.8 Å².